The first-order valence-corrected chi connectivity index (χ1v) is 9.59. The zero-order chi connectivity index (χ0) is 16.9. The van der Waals surface area contributed by atoms with Crippen LogP contribution in [-0.4, -0.2) is 21.4 Å². The SMILES string of the molecule is CCn1ncc(C(C)NC(=O)NC23CC4CC(CC(C4)C2)C3)c1C. The summed E-state index contributed by atoms with van der Waals surface area (Å²) in [6, 6.07) is -0.0210. The molecule has 1 aromatic rings. The molecule has 2 N–H and O–H groups in total. The van der Waals surface area contributed by atoms with Crippen LogP contribution in [0.25, 0.3) is 0 Å². The van der Waals surface area contributed by atoms with Crippen molar-refractivity contribution in [3.05, 3.63) is 17.5 Å². The molecule has 0 aliphatic heterocycles. The van der Waals surface area contributed by atoms with Gasteiger partial charge in [0.1, 0.15) is 0 Å². The van der Waals surface area contributed by atoms with E-state index in [1.54, 1.807) is 0 Å². The molecule has 4 saturated carbocycles. The molecule has 5 heteroatoms. The van der Waals surface area contributed by atoms with Crippen molar-refractivity contribution in [2.45, 2.75) is 77.4 Å². The fourth-order valence-electron chi connectivity index (χ4n) is 6.02. The van der Waals surface area contributed by atoms with Crippen LogP contribution in [-0.2, 0) is 6.54 Å². The Labute approximate surface area is 144 Å². The van der Waals surface area contributed by atoms with E-state index in [2.05, 4.69) is 29.6 Å². The number of nitrogens with zero attached hydrogens (tertiary/aromatic N) is 2. The normalized spacial score (nSPS) is 35.0. The lowest BCUT2D eigenvalue weighted by Crippen LogP contribution is -2.61. The number of hydrogen-bond donors (Lipinski definition) is 2. The number of rotatable bonds is 4. The predicted octanol–water partition coefficient (Wildman–Crippen LogP) is 3.54. The highest BCUT2D eigenvalue weighted by atomic mass is 16.2. The topological polar surface area (TPSA) is 59.0 Å². The number of hydrogen-bond acceptors (Lipinski definition) is 2. The highest BCUT2D eigenvalue weighted by molar-refractivity contribution is 5.75. The van der Waals surface area contributed by atoms with Crippen LogP contribution >= 0.6 is 0 Å². The van der Waals surface area contributed by atoms with Crippen LogP contribution in [0.4, 0.5) is 4.79 Å². The predicted molar refractivity (Wildman–Crippen MR) is 93.6 cm³/mol. The average Bonchev–Trinajstić information content (AvgIpc) is 2.85. The number of carbonyl (C=O) groups is 1. The van der Waals surface area contributed by atoms with Crippen molar-refractivity contribution in [2.75, 3.05) is 0 Å². The minimum atomic E-state index is -0.0146. The molecule has 1 unspecified atom stereocenters. The van der Waals surface area contributed by atoms with E-state index in [0.717, 1.165) is 35.6 Å². The van der Waals surface area contributed by atoms with E-state index < -0.39 is 0 Å². The summed E-state index contributed by atoms with van der Waals surface area (Å²) in [5, 5.41) is 10.9. The van der Waals surface area contributed by atoms with Crippen LogP contribution < -0.4 is 10.6 Å². The van der Waals surface area contributed by atoms with Crippen molar-refractivity contribution in [3.8, 4) is 0 Å². The molecule has 2 amide bonds. The highest BCUT2D eigenvalue weighted by Crippen LogP contribution is 2.55. The van der Waals surface area contributed by atoms with E-state index in [0.29, 0.717) is 0 Å². The molecule has 4 aliphatic carbocycles. The van der Waals surface area contributed by atoms with Gasteiger partial charge < -0.3 is 10.6 Å². The fraction of sp³-hybridized carbons (Fsp3) is 0.789. The van der Waals surface area contributed by atoms with Crippen LogP contribution in [0.3, 0.4) is 0 Å². The van der Waals surface area contributed by atoms with Gasteiger partial charge in [-0.05, 0) is 77.0 Å². The molecular formula is C19H30N4O. The average molecular weight is 330 g/mol. The van der Waals surface area contributed by atoms with E-state index in [-0.39, 0.29) is 17.6 Å². The first-order valence-electron chi connectivity index (χ1n) is 9.59. The summed E-state index contributed by atoms with van der Waals surface area (Å²) < 4.78 is 1.98. The van der Waals surface area contributed by atoms with Crippen LogP contribution in [0.5, 0.6) is 0 Å². The summed E-state index contributed by atoms with van der Waals surface area (Å²) in [5.41, 5.74) is 2.32. The Hall–Kier alpha value is -1.52. The Morgan fingerprint density at radius 1 is 1.29 bits per heavy atom. The molecule has 1 aromatic heterocycles. The monoisotopic (exact) mass is 330 g/mol. The third-order valence-corrected chi connectivity index (χ3v) is 6.67. The molecule has 1 heterocycles. The number of nitrogens with one attached hydrogen (secondary N) is 2. The molecule has 24 heavy (non-hydrogen) atoms. The van der Waals surface area contributed by atoms with Crippen molar-refractivity contribution in [2.24, 2.45) is 17.8 Å². The summed E-state index contributed by atoms with van der Waals surface area (Å²) in [6.45, 7) is 7.06. The minimum Gasteiger partial charge on any atom is -0.333 e. The van der Waals surface area contributed by atoms with Crippen molar-refractivity contribution in [1.82, 2.24) is 20.4 Å². The van der Waals surface area contributed by atoms with Crippen LogP contribution in [0.1, 0.15) is 69.7 Å². The van der Waals surface area contributed by atoms with Crippen molar-refractivity contribution >= 4 is 6.03 Å². The third kappa shape index (κ3) is 2.72. The molecule has 1 atom stereocenters. The molecule has 0 aromatic carbocycles. The molecule has 4 bridgehead atoms. The maximum Gasteiger partial charge on any atom is 0.315 e. The molecule has 4 fully saturated rings. The fourth-order valence-corrected chi connectivity index (χ4v) is 6.02. The molecule has 0 saturated heterocycles. The Balaban J connectivity index is 1.40. The van der Waals surface area contributed by atoms with Gasteiger partial charge in [-0.3, -0.25) is 4.68 Å². The molecular weight excluding hydrogens is 300 g/mol. The van der Waals surface area contributed by atoms with Gasteiger partial charge in [-0.2, -0.15) is 5.10 Å². The smallest absolute Gasteiger partial charge is 0.315 e. The van der Waals surface area contributed by atoms with Gasteiger partial charge in [0.15, 0.2) is 0 Å². The van der Waals surface area contributed by atoms with Gasteiger partial charge in [0.05, 0.1) is 12.2 Å². The summed E-state index contributed by atoms with van der Waals surface area (Å²) >= 11 is 0. The first-order chi connectivity index (χ1) is 11.5. The van der Waals surface area contributed by atoms with Gasteiger partial charge in [-0.15, -0.1) is 0 Å². The maximum absolute atomic E-state index is 12.6. The lowest BCUT2D eigenvalue weighted by atomic mass is 9.53. The maximum atomic E-state index is 12.6. The van der Waals surface area contributed by atoms with Crippen LogP contribution in [0.2, 0.25) is 0 Å². The summed E-state index contributed by atoms with van der Waals surface area (Å²) in [7, 11) is 0. The lowest BCUT2D eigenvalue weighted by molar-refractivity contribution is -0.0136. The molecule has 0 radical (unpaired) electrons. The number of carbonyl (C=O) groups excluding carboxylic acids is 1. The van der Waals surface area contributed by atoms with Crippen LogP contribution in [0.15, 0.2) is 6.20 Å². The van der Waals surface area contributed by atoms with E-state index in [1.807, 2.05) is 17.8 Å². The second-order valence-electron chi connectivity index (χ2n) is 8.52. The van der Waals surface area contributed by atoms with Gasteiger partial charge in [0, 0.05) is 23.3 Å². The van der Waals surface area contributed by atoms with Crippen LogP contribution in [0, 0.1) is 24.7 Å². The number of urea groups is 1. The van der Waals surface area contributed by atoms with Crippen molar-refractivity contribution in [3.63, 3.8) is 0 Å². The number of aromatic nitrogens is 2. The third-order valence-electron chi connectivity index (χ3n) is 6.67. The number of amides is 2. The molecule has 132 valence electrons. The van der Waals surface area contributed by atoms with Gasteiger partial charge in [0.2, 0.25) is 0 Å². The molecule has 0 spiro atoms. The summed E-state index contributed by atoms with van der Waals surface area (Å²) in [5.74, 6) is 2.54. The quantitative estimate of drug-likeness (QED) is 0.887. The van der Waals surface area contributed by atoms with E-state index >= 15 is 0 Å². The minimum absolute atomic E-state index is 0.00639. The van der Waals surface area contributed by atoms with E-state index in [4.69, 9.17) is 0 Å². The summed E-state index contributed by atoms with van der Waals surface area (Å²) in [4.78, 5) is 12.6. The van der Waals surface area contributed by atoms with E-state index in [1.165, 1.54) is 38.5 Å². The Bertz CT molecular complexity index is 600. The molecule has 5 nitrogen and oxygen atoms in total. The number of aryl methyl sites for hydroxylation is 1. The van der Waals surface area contributed by atoms with Gasteiger partial charge in [0.25, 0.3) is 0 Å². The second kappa shape index (κ2) is 5.78. The van der Waals surface area contributed by atoms with E-state index in [9.17, 15) is 4.79 Å². The van der Waals surface area contributed by atoms with Gasteiger partial charge >= 0.3 is 6.03 Å². The van der Waals surface area contributed by atoms with Gasteiger partial charge in [-0.1, -0.05) is 0 Å². The molecule has 4 aliphatic rings. The second-order valence-corrected chi connectivity index (χ2v) is 8.52. The first kappa shape index (κ1) is 16.0. The van der Waals surface area contributed by atoms with Crippen molar-refractivity contribution < 1.29 is 4.79 Å². The molecule has 5 rings (SSSR count). The lowest BCUT2D eigenvalue weighted by Gasteiger charge is -2.56. The zero-order valence-electron chi connectivity index (χ0n) is 15.1. The Morgan fingerprint density at radius 2 is 1.88 bits per heavy atom. The largest absolute Gasteiger partial charge is 0.333 e. The van der Waals surface area contributed by atoms with Gasteiger partial charge in [-0.25, -0.2) is 4.79 Å². The standard InChI is InChI=1S/C19H30N4O/c1-4-23-13(3)17(11-20-23)12(2)21-18(24)22-19-8-14-5-15(9-19)7-16(6-14)10-19/h11-12,14-16H,4-10H2,1-3H3,(H2,21,22,24). The Kier molecular flexibility index (Phi) is 3.85. The summed E-state index contributed by atoms with van der Waals surface area (Å²) in [6.07, 6.45) is 9.64. The Morgan fingerprint density at radius 3 is 2.38 bits per heavy atom. The zero-order valence-corrected chi connectivity index (χ0v) is 15.1. The highest BCUT2D eigenvalue weighted by Gasteiger charge is 2.51. The van der Waals surface area contributed by atoms with Crippen molar-refractivity contribution in [1.29, 1.82) is 0 Å².